The fourth-order valence-corrected chi connectivity index (χ4v) is 1.28. The van der Waals surface area contributed by atoms with Crippen molar-refractivity contribution in [1.29, 1.82) is 0 Å². The minimum atomic E-state index is -3.11. The second-order valence-electron chi connectivity index (χ2n) is 4.16. The molecule has 0 radical (unpaired) electrons. The third-order valence-electron chi connectivity index (χ3n) is 2.62. The zero-order chi connectivity index (χ0) is 14.6. The van der Waals surface area contributed by atoms with Crippen LogP contribution in [-0.2, 0) is 4.79 Å². The van der Waals surface area contributed by atoms with Gasteiger partial charge in [0.15, 0.2) is 5.75 Å². The second-order valence-corrected chi connectivity index (χ2v) is 4.16. The van der Waals surface area contributed by atoms with E-state index in [1.54, 1.807) is 13.8 Å². The summed E-state index contributed by atoms with van der Waals surface area (Å²) < 4.78 is 41.5. The lowest BCUT2D eigenvalue weighted by Crippen LogP contribution is -2.34. The summed E-state index contributed by atoms with van der Waals surface area (Å²) >= 11 is 0. The number of nitrogens with two attached hydrogens (primary N) is 1. The van der Waals surface area contributed by atoms with Crippen molar-refractivity contribution >= 4 is 24.0 Å². The summed E-state index contributed by atoms with van der Waals surface area (Å²) in [6, 6.07) is 2.56. The zero-order valence-corrected chi connectivity index (χ0v) is 11.7. The highest BCUT2D eigenvalue weighted by Gasteiger charge is 2.19. The van der Waals surface area contributed by atoms with Crippen molar-refractivity contribution in [3.05, 3.63) is 24.0 Å². The Bertz CT molecular complexity index is 458. The Morgan fingerprint density at radius 3 is 2.45 bits per heavy atom. The van der Waals surface area contributed by atoms with Crippen LogP contribution in [0.5, 0.6) is 5.75 Å². The van der Waals surface area contributed by atoms with Crippen molar-refractivity contribution < 1.29 is 22.7 Å². The largest absolute Gasteiger partial charge is 0.432 e. The van der Waals surface area contributed by atoms with Crippen LogP contribution in [0.1, 0.15) is 13.8 Å². The number of carbonyl (C=O) groups is 1. The number of alkyl halides is 2. The van der Waals surface area contributed by atoms with Crippen LogP contribution in [0.3, 0.4) is 0 Å². The van der Waals surface area contributed by atoms with Gasteiger partial charge in [0.2, 0.25) is 5.91 Å². The van der Waals surface area contributed by atoms with Gasteiger partial charge >= 0.3 is 6.61 Å². The summed E-state index contributed by atoms with van der Waals surface area (Å²) in [5.74, 6) is -2.15. The minimum Gasteiger partial charge on any atom is -0.432 e. The number of benzene rings is 1. The predicted molar refractivity (Wildman–Crippen MR) is 71.7 cm³/mol. The predicted octanol–water partition coefficient (Wildman–Crippen LogP) is 2.77. The van der Waals surface area contributed by atoms with Crippen molar-refractivity contribution in [2.45, 2.75) is 26.5 Å². The van der Waals surface area contributed by atoms with Gasteiger partial charge in [0.05, 0.1) is 11.6 Å². The van der Waals surface area contributed by atoms with Crippen LogP contribution in [0.25, 0.3) is 0 Å². The van der Waals surface area contributed by atoms with Crippen LogP contribution < -0.4 is 15.8 Å². The molecule has 2 unspecified atom stereocenters. The fraction of sp³-hybridized carbons (Fsp3) is 0.417. The van der Waals surface area contributed by atoms with Crippen molar-refractivity contribution in [3.8, 4) is 5.75 Å². The third-order valence-corrected chi connectivity index (χ3v) is 2.62. The van der Waals surface area contributed by atoms with Crippen LogP contribution in [-0.4, -0.2) is 18.6 Å². The summed E-state index contributed by atoms with van der Waals surface area (Å²) in [7, 11) is 0. The molecule has 0 fully saturated rings. The van der Waals surface area contributed by atoms with Gasteiger partial charge in [-0.25, -0.2) is 4.39 Å². The molecule has 8 heteroatoms. The standard InChI is InChI=1S/C12H15F3N2O2.ClH/c1-6(7(2)16)11(18)17-9-4-3-8(13)5-10(9)19-12(14)15;/h3-7,12H,16H2,1-2H3,(H,17,18);1H. The second kappa shape index (κ2) is 7.96. The zero-order valence-electron chi connectivity index (χ0n) is 10.9. The van der Waals surface area contributed by atoms with Crippen LogP contribution in [0.2, 0.25) is 0 Å². The molecule has 0 aliphatic rings. The summed E-state index contributed by atoms with van der Waals surface area (Å²) in [5.41, 5.74) is 5.53. The molecule has 1 amide bonds. The average molecular weight is 313 g/mol. The molecule has 0 saturated carbocycles. The van der Waals surface area contributed by atoms with E-state index in [4.69, 9.17) is 5.73 Å². The number of nitrogens with one attached hydrogen (secondary N) is 1. The fourth-order valence-electron chi connectivity index (χ4n) is 1.28. The van der Waals surface area contributed by atoms with E-state index in [9.17, 15) is 18.0 Å². The molecular weight excluding hydrogens is 297 g/mol. The molecule has 2 atom stereocenters. The lowest BCUT2D eigenvalue weighted by Gasteiger charge is -2.17. The first-order chi connectivity index (χ1) is 8.81. The van der Waals surface area contributed by atoms with Gasteiger partial charge in [0, 0.05) is 12.1 Å². The molecule has 0 aliphatic carbocycles. The quantitative estimate of drug-likeness (QED) is 0.878. The molecule has 4 nitrogen and oxygen atoms in total. The summed E-state index contributed by atoms with van der Waals surface area (Å²) in [6.45, 7) is 0.131. The monoisotopic (exact) mass is 312 g/mol. The maximum Gasteiger partial charge on any atom is 0.387 e. The summed E-state index contributed by atoms with van der Waals surface area (Å²) in [6.07, 6.45) is 0. The number of hydrogen-bond acceptors (Lipinski definition) is 3. The molecule has 3 N–H and O–H groups in total. The van der Waals surface area contributed by atoms with E-state index in [-0.39, 0.29) is 18.1 Å². The number of anilines is 1. The van der Waals surface area contributed by atoms with Gasteiger partial charge in [-0.15, -0.1) is 12.4 Å². The molecule has 0 aromatic heterocycles. The number of rotatable bonds is 5. The highest BCUT2D eigenvalue weighted by molar-refractivity contribution is 5.94. The summed E-state index contributed by atoms with van der Waals surface area (Å²) in [4.78, 5) is 11.7. The van der Waals surface area contributed by atoms with E-state index in [2.05, 4.69) is 10.1 Å². The summed E-state index contributed by atoms with van der Waals surface area (Å²) in [5, 5.41) is 2.38. The van der Waals surface area contributed by atoms with Crippen molar-refractivity contribution in [2.24, 2.45) is 11.7 Å². The van der Waals surface area contributed by atoms with E-state index in [1.165, 1.54) is 0 Å². The van der Waals surface area contributed by atoms with Gasteiger partial charge in [0.25, 0.3) is 0 Å². The van der Waals surface area contributed by atoms with E-state index in [0.717, 1.165) is 18.2 Å². The maximum absolute atomic E-state index is 13.0. The molecule has 114 valence electrons. The van der Waals surface area contributed by atoms with Crippen LogP contribution in [0.4, 0.5) is 18.9 Å². The normalized spacial score (nSPS) is 13.3. The lowest BCUT2D eigenvalue weighted by atomic mass is 10.0. The molecule has 0 aliphatic heterocycles. The smallest absolute Gasteiger partial charge is 0.387 e. The Morgan fingerprint density at radius 1 is 1.35 bits per heavy atom. The topological polar surface area (TPSA) is 64.4 Å². The number of amides is 1. The Morgan fingerprint density at radius 2 is 1.95 bits per heavy atom. The number of ether oxygens (including phenoxy) is 1. The molecule has 0 bridgehead atoms. The molecule has 1 aromatic carbocycles. The number of carbonyl (C=O) groups excluding carboxylic acids is 1. The Kier molecular flexibility index (Phi) is 7.38. The number of hydrogen-bond donors (Lipinski definition) is 2. The molecular formula is C12H16ClF3N2O2. The van der Waals surface area contributed by atoms with Crippen LogP contribution >= 0.6 is 12.4 Å². The van der Waals surface area contributed by atoms with E-state index in [0.29, 0.717) is 0 Å². The number of halogens is 4. The first-order valence-corrected chi connectivity index (χ1v) is 5.62. The van der Waals surface area contributed by atoms with E-state index >= 15 is 0 Å². The maximum atomic E-state index is 13.0. The van der Waals surface area contributed by atoms with Crippen LogP contribution in [0.15, 0.2) is 18.2 Å². The van der Waals surface area contributed by atoms with Gasteiger partial charge in [-0.3, -0.25) is 4.79 Å². The molecule has 0 heterocycles. The van der Waals surface area contributed by atoms with Gasteiger partial charge in [-0.2, -0.15) is 8.78 Å². The molecule has 1 rings (SSSR count). The molecule has 1 aromatic rings. The lowest BCUT2D eigenvalue weighted by molar-refractivity contribution is -0.119. The van der Waals surface area contributed by atoms with E-state index in [1.807, 2.05) is 0 Å². The average Bonchev–Trinajstić information content (AvgIpc) is 2.30. The molecule has 20 heavy (non-hydrogen) atoms. The van der Waals surface area contributed by atoms with Gasteiger partial charge in [-0.1, -0.05) is 6.92 Å². The van der Waals surface area contributed by atoms with Crippen molar-refractivity contribution in [1.82, 2.24) is 0 Å². The Labute approximate surface area is 120 Å². The molecule has 0 saturated heterocycles. The SMILES string of the molecule is CC(N)C(C)C(=O)Nc1ccc(F)cc1OC(F)F.Cl. The Balaban J connectivity index is 0.00000361. The molecule has 0 spiro atoms. The van der Waals surface area contributed by atoms with Crippen molar-refractivity contribution in [3.63, 3.8) is 0 Å². The van der Waals surface area contributed by atoms with Gasteiger partial charge < -0.3 is 15.8 Å². The van der Waals surface area contributed by atoms with Crippen LogP contribution in [0, 0.1) is 11.7 Å². The van der Waals surface area contributed by atoms with E-state index < -0.39 is 36.0 Å². The van der Waals surface area contributed by atoms with Gasteiger partial charge in [-0.05, 0) is 19.1 Å². The highest BCUT2D eigenvalue weighted by Crippen LogP contribution is 2.27. The highest BCUT2D eigenvalue weighted by atomic mass is 35.5. The first-order valence-electron chi connectivity index (χ1n) is 5.62. The minimum absolute atomic E-state index is 0. The van der Waals surface area contributed by atoms with Gasteiger partial charge in [0.1, 0.15) is 5.82 Å². The third kappa shape index (κ3) is 5.26. The first kappa shape index (κ1) is 18.5. The Hall–Kier alpha value is -1.47. The van der Waals surface area contributed by atoms with Crippen molar-refractivity contribution in [2.75, 3.05) is 5.32 Å².